The van der Waals surface area contributed by atoms with Crippen LogP contribution in [0.3, 0.4) is 0 Å². The van der Waals surface area contributed by atoms with E-state index in [-0.39, 0.29) is 17.6 Å². The highest BCUT2D eigenvalue weighted by molar-refractivity contribution is 5.37. The van der Waals surface area contributed by atoms with Crippen LogP contribution < -0.4 is 5.32 Å². The molecule has 100 valence electrons. The van der Waals surface area contributed by atoms with E-state index in [1.165, 1.54) is 12.1 Å². The molecule has 2 aliphatic rings. The molecule has 1 aromatic carbocycles. The number of aliphatic hydroxyl groups is 1. The summed E-state index contributed by atoms with van der Waals surface area (Å²) < 4.78 is 19.0. The van der Waals surface area contributed by atoms with E-state index in [4.69, 9.17) is 10.00 Å². The quantitative estimate of drug-likeness (QED) is 0.793. The van der Waals surface area contributed by atoms with Gasteiger partial charge in [0, 0.05) is 12.1 Å². The third-order valence-electron chi connectivity index (χ3n) is 3.84. The van der Waals surface area contributed by atoms with Gasteiger partial charge in [0.15, 0.2) is 0 Å². The van der Waals surface area contributed by atoms with Crippen LogP contribution in [0.2, 0.25) is 0 Å². The number of benzene rings is 1. The van der Waals surface area contributed by atoms with Crippen LogP contribution in [0.1, 0.15) is 24.0 Å². The first-order valence-corrected chi connectivity index (χ1v) is 6.36. The van der Waals surface area contributed by atoms with Crippen molar-refractivity contribution in [3.63, 3.8) is 0 Å². The molecule has 2 aliphatic heterocycles. The highest BCUT2D eigenvalue weighted by Gasteiger charge is 2.42. The number of ether oxygens (including phenoxy) is 1. The SMILES string of the molecule is N#Cc1cc(F)cc(C2(O)CC3COCC(C2)N3)c1. The summed E-state index contributed by atoms with van der Waals surface area (Å²) in [5.41, 5.74) is -0.358. The van der Waals surface area contributed by atoms with Crippen molar-refractivity contribution in [1.82, 2.24) is 5.32 Å². The third kappa shape index (κ3) is 2.35. The van der Waals surface area contributed by atoms with Gasteiger partial charge in [0.05, 0.1) is 30.4 Å². The van der Waals surface area contributed by atoms with Gasteiger partial charge in [-0.2, -0.15) is 5.26 Å². The van der Waals surface area contributed by atoms with Crippen LogP contribution in [0.4, 0.5) is 4.39 Å². The number of nitrogens with one attached hydrogen (secondary N) is 1. The number of halogens is 1. The lowest BCUT2D eigenvalue weighted by atomic mass is 9.78. The zero-order chi connectivity index (χ0) is 13.5. The largest absolute Gasteiger partial charge is 0.385 e. The summed E-state index contributed by atoms with van der Waals surface area (Å²) in [6, 6.07) is 6.15. The molecule has 0 aromatic heterocycles. The van der Waals surface area contributed by atoms with Gasteiger partial charge in [-0.15, -0.1) is 0 Å². The third-order valence-corrected chi connectivity index (χ3v) is 3.84. The van der Waals surface area contributed by atoms with Crippen molar-refractivity contribution in [2.45, 2.75) is 30.5 Å². The number of hydrogen-bond acceptors (Lipinski definition) is 4. The molecule has 2 atom stereocenters. The molecular formula is C14H15FN2O2. The summed E-state index contributed by atoms with van der Waals surface area (Å²) >= 11 is 0. The number of rotatable bonds is 1. The van der Waals surface area contributed by atoms with Gasteiger partial charge in [-0.3, -0.25) is 0 Å². The van der Waals surface area contributed by atoms with E-state index in [2.05, 4.69) is 5.32 Å². The van der Waals surface area contributed by atoms with E-state index >= 15 is 0 Å². The first-order valence-electron chi connectivity index (χ1n) is 6.36. The summed E-state index contributed by atoms with van der Waals surface area (Å²) in [4.78, 5) is 0. The molecule has 0 aliphatic carbocycles. The molecule has 0 amide bonds. The van der Waals surface area contributed by atoms with Crippen LogP contribution in [0.5, 0.6) is 0 Å². The van der Waals surface area contributed by atoms with Crippen LogP contribution in [-0.2, 0) is 10.3 Å². The topological polar surface area (TPSA) is 65.3 Å². The molecule has 2 bridgehead atoms. The van der Waals surface area contributed by atoms with Gasteiger partial charge in [0.25, 0.3) is 0 Å². The van der Waals surface area contributed by atoms with Crippen molar-refractivity contribution in [3.05, 3.63) is 35.1 Å². The molecule has 2 unspecified atom stereocenters. The molecule has 2 saturated heterocycles. The van der Waals surface area contributed by atoms with Crippen molar-refractivity contribution in [1.29, 1.82) is 5.26 Å². The minimum Gasteiger partial charge on any atom is -0.385 e. The maximum Gasteiger partial charge on any atom is 0.124 e. The highest BCUT2D eigenvalue weighted by Crippen LogP contribution is 2.37. The van der Waals surface area contributed by atoms with Crippen molar-refractivity contribution in [3.8, 4) is 6.07 Å². The Morgan fingerprint density at radius 2 is 2.00 bits per heavy atom. The molecule has 2 heterocycles. The molecule has 0 spiro atoms. The maximum absolute atomic E-state index is 13.5. The van der Waals surface area contributed by atoms with Gasteiger partial charge in [-0.25, -0.2) is 4.39 Å². The Balaban J connectivity index is 1.96. The average Bonchev–Trinajstić information content (AvgIpc) is 2.37. The fourth-order valence-electron chi connectivity index (χ4n) is 3.07. The summed E-state index contributed by atoms with van der Waals surface area (Å²) in [6.45, 7) is 1.11. The van der Waals surface area contributed by atoms with Crippen LogP contribution in [-0.4, -0.2) is 30.4 Å². The maximum atomic E-state index is 13.5. The Morgan fingerprint density at radius 3 is 2.63 bits per heavy atom. The van der Waals surface area contributed by atoms with E-state index in [9.17, 15) is 9.50 Å². The number of morpholine rings is 1. The van der Waals surface area contributed by atoms with E-state index in [0.29, 0.717) is 31.6 Å². The molecule has 0 radical (unpaired) electrons. The van der Waals surface area contributed by atoms with Crippen molar-refractivity contribution >= 4 is 0 Å². The summed E-state index contributed by atoms with van der Waals surface area (Å²) in [5, 5.41) is 23.1. The Morgan fingerprint density at radius 1 is 1.32 bits per heavy atom. The van der Waals surface area contributed by atoms with Gasteiger partial charge >= 0.3 is 0 Å². The van der Waals surface area contributed by atoms with E-state index in [0.717, 1.165) is 0 Å². The van der Waals surface area contributed by atoms with Gasteiger partial charge in [0.1, 0.15) is 5.82 Å². The first-order chi connectivity index (χ1) is 9.09. The van der Waals surface area contributed by atoms with Gasteiger partial charge in [0.2, 0.25) is 0 Å². The number of piperidine rings is 1. The minimum absolute atomic E-state index is 0.0753. The Bertz CT molecular complexity index is 529. The normalized spacial score (nSPS) is 33.7. The Labute approximate surface area is 110 Å². The summed E-state index contributed by atoms with van der Waals surface area (Å²) in [7, 11) is 0. The molecule has 19 heavy (non-hydrogen) atoms. The number of nitriles is 1. The van der Waals surface area contributed by atoms with Gasteiger partial charge in [-0.05, 0) is 36.6 Å². The Kier molecular flexibility index (Phi) is 3.02. The molecule has 4 nitrogen and oxygen atoms in total. The number of fused-ring (bicyclic) bond motifs is 2. The standard InChI is InChI=1S/C14H15FN2O2/c15-11-2-9(6-16)1-10(3-11)14(18)4-12-7-19-8-13(5-14)17-12/h1-3,12-13,17-18H,4-5,7-8H2. The van der Waals surface area contributed by atoms with Crippen LogP contribution in [0.15, 0.2) is 18.2 Å². The second kappa shape index (κ2) is 4.57. The summed E-state index contributed by atoms with van der Waals surface area (Å²) in [6.07, 6.45) is 0.940. The second-order valence-corrected chi connectivity index (χ2v) is 5.38. The highest BCUT2D eigenvalue weighted by atomic mass is 19.1. The van der Waals surface area contributed by atoms with E-state index < -0.39 is 11.4 Å². The van der Waals surface area contributed by atoms with Crippen molar-refractivity contribution in [2.24, 2.45) is 0 Å². The fraction of sp³-hybridized carbons (Fsp3) is 0.500. The average molecular weight is 262 g/mol. The molecular weight excluding hydrogens is 247 g/mol. The molecule has 2 fully saturated rings. The Hall–Kier alpha value is -1.48. The monoisotopic (exact) mass is 262 g/mol. The predicted octanol–water partition coefficient (Wildman–Crippen LogP) is 1.04. The molecule has 0 saturated carbocycles. The fourth-order valence-corrected chi connectivity index (χ4v) is 3.07. The van der Waals surface area contributed by atoms with E-state index in [1.54, 1.807) is 6.07 Å². The van der Waals surface area contributed by atoms with Crippen molar-refractivity contribution in [2.75, 3.05) is 13.2 Å². The smallest absolute Gasteiger partial charge is 0.124 e. The summed E-state index contributed by atoms with van der Waals surface area (Å²) in [5.74, 6) is -0.484. The molecule has 5 heteroatoms. The molecule has 1 aromatic rings. The van der Waals surface area contributed by atoms with Gasteiger partial charge in [-0.1, -0.05) is 0 Å². The first kappa shape index (κ1) is 12.5. The lowest BCUT2D eigenvalue weighted by molar-refractivity contribution is -0.0803. The van der Waals surface area contributed by atoms with Gasteiger partial charge < -0.3 is 15.2 Å². The van der Waals surface area contributed by atoms with Crippen LogP contribution in [0, 0.1) is 17.1 Å². The number of nitrogens with zero attached hydrogens (tertiary/aromatic N) is 1. The molecule has 3 rings (SSSR count). The van der Waals surface area contributed by atoms with Crippen molar-refractivity contribution < 1.29 is 14.2 Å². The predicted molar refractivity (Wildman–Crippen MR) is 65.8 cm³/mol. The minimum atomic E-state index is -1.09. The van der Waals surface area contributed by atoms with E-state index in [1.807, 2.05) is 6.07 Å². The van der Waals surface area contributed by atoms with Crippen LogP contribution in [0.25, 0.3) is 0 Å². The van der Waals surface area contributed by atoms with Crippen LogP contribution >= 0.6 is 0 Å². The second-order valence-electron chi connectivity index (χ2n) is 5.38. The zero-order valence-corrected chi connectivity index (χ0v) is 10.4. The number of hydrogen-bond donors (Lipinski definition) is 2. The molecule has 2 N–H and O–H groups in total. The zero-order valence-electron chi connectivity index (χ0n) is 10.4. The lowest BCUT2D eigenvalue weighted by Crippen LogP contribution is -2.58. The lowest BCUT2D eigenvalue weighted by Gasteiger charge is -2.45.